The number of aromatic nitrogens is 1. The molecular formula is C25H26ClF2N3O2. The number of aliphatic hydroxyl groups excluding tert-OH is 1. The van der Waals surface area contributed by atoms with Crippen LogP contribution < -0.4 is 5.73 Å². The fourth-order valence-corrected chi connectivity index (χ4v) is 3.68. The first kappa shape index (κ1) is 24.8. The summed E-state index contributed by atoms with van der Waals surface area (Å²) in [5, 5.41) is 11.0. The van der Waals surface area contributed by atoms with Gasteiger partial charge in [-0.2, -0.15) is 0 Å². The van der Waals surface area contributed by atoms with Crippen molar-refractivity contribution in [3.8, 4) is 0 Å². The summed E-state index contributed by atoms with van der Waals surface area (Å²) in [6.45, 7) is 2.21. The number of rotatable bonds is 9. The number of carbonyl (C=O) groups excluding carboxylic acids is 1. The number of aryl methyl sites for hydroxylation is 1. The Morgan fingerprint density at radius 3 is 2.42 bits per heavy atom. The highest BCUT2D eigenvalue weighted by atomic mass is 35.5. The Hall–Kier alpha value is -2.87. The first-order valence-corrected chi connectivity index (χ1v) is 11.0. The molecule has 1 aromatic heterocycles. The normalized spacial score (nSPS) is 12.9. The van der Waals surface area contributed by atoms with Gasteiger partial charge in [0.1, 0.15) is 16.8 Å². The number of nitrogens with two attached hydrogens (primary N) is 1. The van der Waals surface area contributed by atoms with E-state index in [-0.39, 0.29) is 30.6 Å². The summed E-state index contributed by atoms with van der Waals surface area (Å²) in [6, 6.07) is 13.2. The highest BCUT2D eigenvalue weighted by Gasteiger charge is 2.24. The molecule has 33 heavy (non-hydrogen) atoms. The van der Waals surface area contributed by atoms with Gasteiger partial charge >= 0.3 is 0 Å². The number of halogens is 3. The van der Waals surface area contributed by atoms with Crippen LogP contribution in [0.4, 0.5) is 8.78 Å². The minimum atomic E-state index is -1.13. The van der Waals surface area contributed by atoms with Gasteiger partial charge in [0, 0.05) is 31.4 Å². The van der Waals surface area contributed by atoms with Gasteiger partial charge in [0.05, 0.1) is 11.7 Å². The Balaban J connectivity index is 1.79. The van der Waals surface area contributed by atoms with Crippen LogP contribution in [0.25, 0.3) is 0 Å². The van der Waals surface area contributed by atoms with E-state index in [1.807, 2.05) is 31.2 Å². The van der Waals surface area contributed by atoms with E-state index in [1.54, 1.807) is 6.07 Å². The topological polar surface area (TPSA) is 79.5 Å². The largest absolute Gasteiger partial charge is 0.390 e. The van der Waals surface area contributed by atoms with Crippen molar-refractivity contribution in [3.05, 3.63) is 99.8 Å². The highest BCUT2D eigenvalue weighted by molar-refractivity contribution is 6.29. The molecule has 0 spiro atoms. The maximum atomic E-state index is 13.5. The molecule has 5 nitrogen and oxygen atoms in total. The van der Waals surface area contributed by atoms with Crippen molar-refractivity contribution in [3.63, 3.8) is 0 Å². The van der Waals surface area contributed by atoms with Crippen LogP contribution in [0.2, 0.25) is 5.15 Å². The lowest BCUT2D eigenvalue weighted by atomic mass is 10.0. The quantitative estimate of drug-likeness (QED) is 0.457. The van der Waals surface area contributed by atoms with Crippen LogP contribution >= 0.6 is 11.6 Å². The molecule has 1 heterocycles. The zero-order chi connectivity index (χ0) is 24.0. The first-order valence-electron chi connectivity index (χ1n) is 10.6. The SMILES string of the molecule is CCc1cccc(CN(CC(O)C(N)Cc2cc(F)cc(F)c2)C(=O)c2ccc(Cl)nc2)c1. The number of benzene rings is 2. The number of hydrogen-bond donors (Lipinski definition) is 2. The van der Waals surface area contributed by atoms with Gasteiger partial charge in [-0.05, 0) is 53.8 Å². The van der Waals surface area contributed by atoms with E-state index in [0.29, 0.717) is 11.1 Å². The fourth-order valence-electron chi connectivity index (χ4n) is 3.57. The van der Waals surface area contributed by atoms with Gasteiger partial charge in [0.15, 0.2) is 0 Å². The van der Waals surface area contributed by atoms with Crippen LogP contribution in [0, 0.1) is 11.6 Å². The van der Waals surface area contributed by atoms with Crippen LogP contribution in [-0.4, -0.2) is 39.6 Å². The fraction of sp³-hybridized carbons (Fsp3) is 0.280. The number of amides is 1. The summed E-state index contributed by atoms with van der Waals surface area (Å²) >= 11 is 5.84. The van der Waals surface area contributed by atoms with Crippen molar-refractivity contribution in [2.45, 2.75) is 38.5 Å². The third-order valence-corrected chi connectivity index (χ3v) is 5.55. The maximum absolute atomic E-state index is 13.5. The monoisotopic (exact) mass is 473 g/mol. The number of nitrogens with zero attached hydrogens (tertiary/aromatic N) is 2. The molecule has 0 saturated heterocycles. The minimum absolute atomic E-state index is 0.0473. The molecule has 3 rings (SSSR count). The van der Waals surface area contributed by atoms with Crippen LogP contribution in [0.15, 0.2) is 60.8 Å². The molecule has 0 fully saturated rings. The van der Waals surface area contributed by atoms with E-state index in [2.05, 4.69) is 4.98 Å². The van der Waals surface area contributed by atoms with Crippen LogP contribution in [0.5, 0.6) is 0 Å². The average molecular weight is 474 g/mol. The standard InChI is InChI=1S/C25H26ClF2N3O2/c1-2-16-4-3-5-17(8-16)14-31(25(33)19-6-7-24(26)30-13-19)15-23(32)22(29)11-18-9-20(27)12-21(28)10-18/h3-10,12-13,22-23,32H,2,11,14-15,29H2,1H3. The first-order chi connectivity index (χ1) is 15.7. The number of aliphatic hydroxyl groups is 1. The Morgan fingerprint density at radius 1 is 1.09 bits per heavy atom. The second kappa shape index (κ2) is 11.3. The van der Waals surface area contributed by atoms with Crippen molar-refractivity contribution in [1.29, 1.82) is 0 Å². The van der Waals surface area contributed by atoms with Crippen molar-refractivity contribution in [1.82, 2.24) is 9.88 Å². The second-order valence-corrected chi connectivity index (χ2v) is 8.33. The summed E-state index contributed by atoms with van der Waals surface area (Å²) in [5.41, 5.74) is 8.80. The lowest BCUT2D eigenvalue weighted by Crippen LogP contribution is -2.46. The van der Waals surface area contributed by atoms with Gasteiger partial charge in [0.25, 0.3) is 5.91 Å². The third kappa shape index (κ3) is 7.05. The van der Waals surface area contributed by atoms with Gasteiger partial charge in [0.2, 0.25) is 0 Å². The van der Waals surface area contributed by atoms with E-state index in [9.17, 15) is 18.7 Å². The Bertz CT molecular complexity index is 1080. The number of carbonyl (C=O) groups is 1. The van der Waals surface area contributed by atoms with E-state index in [0.717, 1.165) is 23.6 Å². The van der Waals surface area contributed by atoms with Gasteiger partial charge < -0.3 is 15.7 Å². The molecular weight excluding hydrogens is 448 g/mol. The van der Waals surface area contributed by atoms with Crippen LogP contribution in [0.3, 0.4) is 0 Å². The van der Waals surface area contributed by atoms with Crippen molar-refractivity contribution in [2.75, 3.05) is 6.54 Å². The van der Waals surface area contributed by atoms with E-state index in [1.165, 1.54) is 29.3 Å². The predicted octanol–water partition coefficient (Wildman–Crippen LogP) is 4.15. The molecule has 2 atom stereocenters. The van der Waals surface area contributed by atoms with Gasteiger partial charge in [-0.15, -0.1) is 0 Å². The molecule has 3 aromatic rings. The summed E-state index contributed by atoms with van der Waals surface area (Å²) in [6.07, 6.45) is 1.14. The molecule has 0 aliphatic heterocycles. The lowest BCUT2D eigenvalue weighted by Gasteiger charge is -2.28. The third-order valence-electron chi connectivity index (χ3n) is 5.33. The summed E-state index contributed by atoms with van der Waals surface area (Å²) in [4.78, 5) is 18.7. The highest BCUT2D eigenvalue weighted by Crippen LogP contribution is 2.16. The van der Waals surface area contributed by atoms with Gasteiger partial charge in [-0.3, -0.25) is 4.79 Å². The maximum Gasteiger partial charge on any atom is 0.255 e. The zero-order valence-electron chi connectivity index (χ0n) is 18.2. The molecule has 174 valence electrons. The molecule has 0 aliphatic rings. The second-order valence-electron chi connectivity index (χ2n) is 7.94. The summed E-state index contributed by atoms with van der Waals surface area (Å²) in [5.74, 6) is -1.77. The molecule has 0 aliphatic carbocycles. The van der Waals surface area contributed by atoms with Crippen LogP contribution in [-0.2, 0) is 19.4 Å². The summed E-state index contributed by atoms with van der Waals surface area (Å²) in [7, 11) is 0. The van der Waals surface area contributed by atoms with Crippen molar-refractivity contribution in [2.24, 2.45) is 5.73 Å². The smallest absolute Gasteiger partial charge is 0.255 e. The summed E-state index contributed by atoms with van der Waals surface area (Å²) < 4.78 is 27.0. The molecule has 0 bridgehead atoms. The number of hydrogen-bond acceptors (Lipinski definition) is 4. The Kier molecular flexibility index (Phi) is 8.49. The zero-order valence-corrected chi connectivity index (χ0v) is 19.0. The van der Waals surface area contributed by atoms with E-state index in [4.69, 9.17) is 17.3 Å². The Labute approximate surface area is 196 Å². The molecule has 0 radical (unpaired) electrons. The molecule has 1 amide bonds. The van der Waals surface area contributed by atoms with E-state index < -0.39 is 23.8 Å². The molecule has 2 aromatic carbocycles. The molecule has 2 unspecified atom stereocenters. The van der Waals surface area contributed by atoms with Crippen molar-refractivity contribution >= 4 is 17.5 Å². The minimum Gasteiger partial charge on any atom is -0.390 e. The van der Waals surface area contributed by atoms with Gasteiger partial charge in [-0.25, -0.2) is 13.8 Å². The Morgan fingerprint density at radius 2 is 1.79 bits per heavy atom. The molecule has 0 saturated carbocycles. The van der Waals surface area contributed by atoms with Crippen LogP contribution in [0.1, 0.15) is 34.0 Å². The number of pyridine rings is 1. The van der Waals surface area contributed by atoms with Gasteiger partial charge in [-0.1, -0.05) is 42.8 Å². The molecule has 8 heteroatoms. The molecule has 3 N–H and O–H groups in total. The lowest BCUT2D eigenvalue weighted by molar-refractivity contribution is 0.0554. The van der Waals surface area contributed by atoms with E-state index >= 15 is 0 Å². The average Bonchev–Trinajstić information content (AvgIpc) is 2.78. The predicted molar refractivity (Wildman–Crippen MR) is 124 cm³/mol. The van der Waals surface area contributed by atoms with Crippen molar-refractivity contribution < 1.29 is 18.7 Å².